The molecule has 0 saturated carbocycles. The highest BCUT2D eigenvalue weighted by molar-refractivity contribution is 7.09. The first-order chi connectivity index (χ1) is 6.74. The van der Waals surface area contributed by atoms with Gasteiger partial charge in [0, 0.05) is 36.8 Å². The van der Waals surface area contributed by atoms with Crippen LogP contribution in [0.15, 0.2) is 5.38 Å². The Morgan fingerprint density at radius 1 is 1.71 bits per heavy atom. The number of rotatable bonds is 2. The van der Waals surface area contributed by atoms with Crippen LogP contribution in [0.2, 0.25) is 0 Å². The van der Waals surface area contributed by atoms with Crippen LogP contribution in [-0.2, 0) is 6.54 Å². The van der Waals surface area contributed by atoms with Crippen LogP contribution in [0.3, 0.4) is 0 Å². The van der Waals surface area contributed by atoms with Gasteiger partial charge in [0.05, 0.1) is 6.54 Å². The third-order valence-corrected chi connectivity index (χ3v) is 3.43. The number of thiazole rings is 1. The molecule has 0 aliphatic carbocycles. The van der Waals surface area contributed by atoms with E-state index in [0.717, 1.165) is 31.9 Å². The number of nitrogens with zero attached hydrogens (tertiary/aromatic N) is 2. The van der Waals surface area contributed by atoms with E-state index >= 15 is 0 Å². The molecular formula is C10H17N3S. The van der Waals surface area contributed by atoms with Crippen LogP contribution in [0, 0.1) is 6.92 Å². The van der Waals surface area contributed by atoms with Gasteiger partial charge in [0.15, 0.2) is 0 Å². The minimum atomic E-state index is 0.616. The van der Waals surface area contributed by atoms with Gasteiger partial charge in [-0.3, -0.25) is 4.90 Å². The highest BCUT2D eigenvalue weighted by Gasteiger charge is 2.16. The molecule has 78 valence electrons. The number of hydrogen-bond acceptors (Lipinski definition) is 4. The van der Waals surface area contributed by atoms with Crippen LogP contribution in [0.4, 0.5) is 0 Å². The first-order valence-electron chi connectivity index (χ1n) is 5.11. The lowest BCUT2D eigenvalue weighted by Crippen LogP contribution is -2.48. The van der Waals surface area contributed by atoms with Gasteiger partial charge in [-0.25, -0.2) is 4.98 Å². The predicted octanol–water partition coefficient (Wildman–Crippen LogP) is 1.25. The molecule has 1 atom stereocenters. The summed E-state index contributed by atoms with van der Waals surface area (Å²) in [6, 6.07) is 0.616. The lowest BCUT2D eigenvalue weighted by atomic mass is 10.2. The Balaban J connectivity index is 1.90. The van der Waals surface area contributed by atoms with E-state index in [4.69, 9.17) is 0 Å². The first kappa shape index (κ1) is 10.1. The zero-order valence-electron chi connectivity index (χ0n) is 8.79. The van der Waals surface area contributed by atoms with Gasteiger partial charge in [-0.15, -0.1) is 11.3 Å². The molecule has 2 heterocycles. The molecule has 14 heavy (non-hydrogen) atoms. The highest BCUT2D eigenvalue weighted by atomic mass is 32.1. The second-order valence-electron chi connectivity index (χ2n) is 3.97. The molecule has 1 aliphatic heterocycles. The molecule has 1 fully saturated rings. The fourth-order valence-electron chi connectivity index (χ4n) is 1.82. The molecule has 1 aromatic heterocycles. The van der Waals surface area contributed by atoms with Crippen LogP contribution >= 0.6 is 11.3 Å². The maximum atomic E-state index is 4.49. The van der Waals surface area contributed by atoms with E-state index in [1.807, 2.05) is 0 Å². The lowest BCUT2D eigenvalue weighted by molar-refractivity contribution is 0.199. The van der Waals surface area contributed by atoms with E-state index in [1.54, 1.807) is 11.3 Å². The van der Waals surface area contributed by atoms with Gasteiger partial charge in [0.2, 0.25) is 0 Å². The Hall–Kier alpha value is -0.450. The van der Waals surface area contributed by atoms with Crippen LogP contribution in [0.1, 0.15) is 17.6 Å². The predicted molar refractivity (Wildman–Crippen MR) is 59.6 cm³/mol. The molecule has 1 saturated heterocycles. The topological polar surface area (TPSA) is 28.2 Å². The summed E-state index contributed by atoms with van der Waals surface area (Å²) in [5.41, 5.74) is 1.15. The van der Waals surface area contributed by atoms with Gasteiger partial charge < -0.3 is 5.32 Å². The third kappa shape index (κ3) is 2.53. The second kappa shape index (κ2) is 4.38. The van der Waals surface area contributed by atoms with Crippen molar-refractivity contribution >= 4 is 11.3 Å². The molecule has 0 bridgehead atoms. The van der Waals surface area contributed by atoms with Crippen molar-refractivity contribution in [2.75, 3.05) is 19.6 Å². The van der Waals surface area contributed by atoms with E-state index < -0.39 is 0 Å². The number of hydrogen-bond donors (Lipinski definition) is 1. The Morgan fingerprint density at radius 2 is 2.57 bits per heavy atom. The third-order valence-electron chi connectivity index (χ3n) is 2.48. The molecule has 0 aromatic carbocycles. The van der Waals surface area contributed by atoms with Crippen molar-refractivity contribution in [1.29, 1.82) is 0 Å². The second-order valence-corrected chi connectivity index (χ2v) is 4.92. The van der Waals surface area contributed by atoms with Crippen molar-refractivity contribution in [2.45, 2.75) is 26.4 Å². The molecule has 1 aromatic rings. The largest absolute Gasteiger partial charge is 0.312 e. The number of piperazine rings is 1. The summed E-state index contributed by atoms with van der Waals surface area (Å²) in [7, 11) is 0. The van der Waals surface area contributed by atoms with Crippen LogP contribution in [0.25, 0.3) is 0 Å². The highest BCUT2D eigenvalue weighted by Crippen LogP contribution is 2.12. The van der Waals surface area contributed by atoms with Crippen LogP contribution in [0.5, 0.6) is 0 Å². The van der Waals surface area contributed by atoms with E-state index in [1.165, 1.54) is 5.01 Å². The molecular weight excluding hydrogens is 194 g/mol. The fraction of sp³-hybridized carbons (Fsp3) is 0.700. The molecule has 3 nitrogen and oxygen atoms in total. The first-order valence-corrected chi connectivity index (χ1v) is 5.99. The Labute approximate surface area is 89.1 Å². The quantitative estimate of drug-likeness (QED) is 0.798. The molecule has 1 unspecified atom stereocenters. The minimum Gasteiger partial charge on any atom is -0.312 e. The van der Waals surface area contributed by atoms with Crippen molar-refractivity contribution in [3.63, 3.8) is 0 Å². The van der Waals surface area contributed by atoms with Crippen molar-refractivity contribution in [1.82, 2.24) is 15.2 Å². The zero-order chi connectivity index (χ0) is 9.97. The summed E-state index contributed by atoms with van der Waals surface area (Å²) in [5, 5.41) is 6.82. The zero-order valence-corrected chi connectivity index (χ0v) is 9.60. The molecule has 1 N–H and O–H groups in total. The summed E-state index contributed by atoms with van der Waals surface area (Å²) in [6.07, 6.45) is 0. The summed E-state index contributed by atoms with van der Waals surface area (Å²) in [5.74, 6) is 0. The Kier molecular flexibility index (Phi) is 3.15. The Morgan fingerprint density at radius 3 is 3.21 bits per heavy atom. The SMILES string of the molecule is Cc1csc(CN2CCNC(C)C2)n1. The molecule has 1 aliphatic rings. The molecule has 0 amide bonds. The number of aromatic nitrogens is 1. The molecule has 0 spiro atoms. The molecule has 2 rings (SSSR count). The fourth-order valence-corrected chi connectivity index (χ4v) is 2.64. The average molecular weight is 211 g/mol. The van der Waals surface area contributed by atoms with E-state index in [2.05, 4.69) is 34.4 Å². The summed E-state index contributed by atoms with van der Waals surface area (Å²) >= 11 is 1.77. The lowest BCUT2D eigenvalue weighted by Gasteiger charge is -2.31. The van der Waals surface area contributed by atoms with Gasteiger partial charge in [0.25, 0.3) is 0 Å². The van der Waals surface area contributed by atoms with Gasteiger partial charge in [-0.05, 0) is 13.8 Å². The van der Waals surface area contributed by atoms with E-state index in [-0.39, 0.29) is 0 Å². The maximum Gasteiger partial charge on any atom is 0.107 e. The van der Waals surface area contributed by atoms with Gasteiger partial charge >= 0.3 is 0 Å². The number of aryl methyl sites for hydroxylation is 1. The van der Waals surface area contributed by atoms with E-state index in [9.17, 15) is 0 Å². The number of nitrogens with one attached hydrogen (secondary N) is 1. The summed E-state index contributed by atoms with van der Waals surface area (Å²) < 4.78 is 0. The van der Waals surface area contributed by atoms with Crippen molar-refractivity contribution in [3.05, 3.63) is 16.1 Å². The van der Waals surface area contributed by atoms with Crippen molar-refractivity contribution in [3.8, 4) is 0 Å². The van der Waals surface area contributed by atoms with E-state index in [0.29, 0.717) is 6.04 Å². The van der Waals surface area contributed by atoms with Crippen LogP contribution in [-0.4, -0.2) is 35.6 Å². The maximum absolute atomic E-state index is 4.49. The standard InChI is InChI=1S/C10H17N3S/c1-8-5-13(4-3-11-8)6-10-12-9(2)7-14-10/h7-8,11H,3-6H2,1-2H3. The average Bonchev–Trinajstić information content (AvgIpc) is 2.51. The Bertz CT molecular complexity index is 297. The monoisotopic (exact) mass is 211 g/mol. The van der Waals surface area contributed by atoms with Gasteiger partial charge in [-0.1, -0.05) is 0 Å². The van der Waals surface area contributed by atoms with Crippen molar-refractivity contribution in [2.24, 2.45) is 0 Å². The molecule has 0 radical (unpaired) electrons. The summed E-state index contributed by atoms with van der Waals surface area (Å²) in [6.45, 7) is 8.69. The normalized spacial score (nSPS) is 24.0. The van der Waals surface area contributed by atoms with Gasteiger partial charge in [-0.2, -0.15) is 0 Å². The smallest absolute Gasteiger partial charge is 0.107 e. The van der Waals surface area contributed by atoms with Crippen LogP contribution < -0.4 is 5.32 Å². The van der Waals surface area contributed by atoms with Crippen molar-refractivity contribution < 1.29 is 0 Å². The molecule has 4 heteroatoms. The van der Waals surface area contributed by atoms with Gasteiger partial charge in [0.1, 0.15) is 5.01 Å². The summed E-state index contributed by atoms with van der Waals surface area (Å²) in [4.78, 5) is 6.96. The minimum absolute atomic E-state index is 0.616.